The number of amides is 1. The Bertz CT molecular complexity index is 190. The molecular weight excluding hydrogens is 188 g/mol. The first kappa shape index (κ1) is 12.5. The third kappa shape index (κ3) is 5.17. The fraction of sp³-hybridized carbons (Fsp3) is 0.917. The molecule has 1 aliphatic rings. The van der Waals surface area contributed by atoms with Crippen molar-refractivity contribution in [1.82, 2.24) is 10.2 Å². The molecule has 0 bridgehead atoms. The second-order valence-electron chi connectivity index (χ2n) is 4.39. The Balaban J connectivity index is 2.22. The Morgan fingerprint density at radius 2 is 2.13 bits per heavy atom. The molecule has 0 aromatic carbocycles. The van der Waals surface area contributed by atoms with E-state index in [0.29, 0.717) is 12.3 Å². The van der Waals surface area contributed by atoms with Crippen molar-refractivity contribution in [3.63, 3.8) is 0 Å². The summed E-state index contributed by atoms with van der Waals surface area (Å²) in [5.41, 5.74) is 0. The molecule has 0 aromatic heterocycles. The van der Waals surface area contributed by atoms with Crippen molar-refractivity contribution in [2.45, 2.75) is 39.5 Å². The number of rotatable bonds is 8. The van der Waals surface area contributed by atoms with Gasteiger partial charge < -0.3 is 10.2 Å². The number of nitrogens with one attached hydrogen (secondary N) is 1. The van der Waals surface area contributed by atoms with Gasteiger partial charge in [-0.25, -0.2) is 0 Å². The molecule has 1 fully saturated rings. The fourth-order valence-electron chi connectivity index (χ4n) is 1.73. The van der Waals surface area contributed by atoms with E-state index in [1.165, 1.54) is 12.8 Å². The maximum atomic E-state index is 11.9. The molecule has 0 atom stereocenters. The van der Waals surface area contributed by atoms with E-state index in [2.05, 4.69) is 24.1 Å². The van der Waals surface area contributed by atoms with Crippen LogP contribution in [0.1, 0.15) is 39.5 Å². The minimum Gasteiger partial charge on any atom is -0.342 e. The first-order valence-electron chi connectivity index (χ1n) is 6.26. The second kappa shape index (κ2) is 6.83. The summed E-state index contributed by atoms with van der Waals surface area (Å²) >= 11 is 0. The Hall–Kier alpha value is -0.570. The molecule has 0 spiro atoms. The highest BCUT2D eigenvalue weighted by Crippen LogP contribution is 2.29. The zero-order valence-corrected chi connectivity index (χ0v) is 10.1. The molecule has 1 amide bonds. The average Bonchev–Trinajstić information content (AvgIpc) is 3.01. The van der Waals surface area contributed by atoms with Crippen LogP contribution in [0.5, 0.6) is 0 Å². The monoisotopic (exact) mass is 212 g/mol. The summed E-state index contributed by atoms with van der Waals surface area (Å²) in [4.78, 5) is 13.9. The van der Waals surface area contributed by atoms with Gasteiger partial charge in [-0.15, -0.1) is 0 Å². The Morgan fingerprint density at radius 1 is 1.40 bits per heavy atom. The first-order chi connectivity index (χ1) is 7.27. The molecule has 1 N–H and O–H groups in total. The SMILES string of the molecule is CCCN(CC1CC1)C(=O)CCNCC. The Labute approximate surface area is 93.2 Å². The number of carbonyl (C=O) groups excluding carboxylic acids is 1. The first-order valence-corrected chi connectivity index (χ1v) is 6.26. The van der Waals surface area contributed by atoms with E-state index in [0.717, 1.165) is 38.5 Å². The van der Waals surface area contributed by atoms with Crippen molar-refractivity contribution < 1.29 is 4.79 Å². The van der Waals surface area contributed by atoms with Gasteiger partial charge in [0.25, 0.3) is 0 Å². The van der Waals surface area contributed by atoms with E-state index >= 15 is 0 Å². The van der Waals surface area contributed by atoms with Gasteiger partial charge in [-0.3, -0.25) is 4.79 Å². The van der Waals surface area contributed by atoms with Gasteiger partial charge >= 0.3 is 0 Å². The van der Waals surface area contributed by atoms with Crippen LogP contribution in [0.4, 0.5) is 0 Å². The van der Waals surface area contributed by atoms with Crippen LogP contribution in [0.2, 0.25) is 0 Å². The largest absolute Gasteiger partial charge is 0.342 e. The van der Waals surface area contributed by atoms with Crippen LogP contribution in [-0.4, -0.2) is 37.0 Å². The van der Waals surface area contributed by atoms with Gasteiger partial charge in [0.15, 0.2) is 0 Å². The van der Waals surface area contributed by atoms with E-state index in [-0.39, 0.29) is 0 Å². The van der Waals surface area contributed by atoms with Crippen LogP contribution in [0, 0.1) is 5.92 Å². The topological polar surface area (TPSA) is 32.3 Å². The van der Waals surface area contributed by atoms with E-state index in [4.69, 9.17) is 0 Å². The lowest BCUT2D eigenvalue weighted by molar-refractivity contribution is -0.131. The lowest BCUT2D eigenvalue weighted by Crippen LogP contribution is -2.35. The van der Waals surface area contributed by atoms with Crippen LogP contribution in [-0.2, 0) is 4.79 Å². The zero-order chi connectivity index (χ0) is 11.1. The van der Waals surface area contributed by atoms with Gasteiger partial charge in [-0.2, -0.15) is 0 Å². The van der Waals surface area contributed by atoms with Crippen LogP contribution in [0.15, 0.2) is 0 Å². The van der Waals surface area contributed by atoms with Gasteiger partial charge in [0.2, 0.25) is 5.91 Å². The lowest BCUT2D eigenvalue weighted by Gasteiger charge is -2.22. The van der Waals surface area contributed by atoms with Crippen LogP contribution in [0.3, 0.4) is 0 Å². The molecule has 0 aliphatic heterocycles. The number of carbonyl (C=O) groups is 1. The van der Waals surface area contributed by atoms with Gasteiger partial charge in [0, 0.05) is 26.1 Å². The third-order valence-electron chi connectivity index (χ3n) is 2.79. The minimum absolute atomic E-state index is 0.324. The van der Waals surface area contributed by atoms with Crippen molar-refractivity contribution >= 4 is 5.91 Å². The maximum Gasteiger partial charge on any atom is 0.223 e. The van der Waals surface area contributed by atoms with Crippen LogP contribution >= 0.6 is 0 Å². The highest BCUT2D eigenvalue weighted by Gasteiger charge is 2.25. The van der Waals surface area contributed by atoms with Gasteiger partial charge in [-0.05, 0) is 31.7 Å². The summed E-state index contributed by atoms with van der Waals surface area (Å²) in [6.45, 7) is 7.90. The summed E-state index contributed by atoms with van der Waals surface area (Å²) in [5.74, 6) is 1.13. The van der Waals surface area contributed by atoms with Crippen molar-refractivity contribution in [3.8, 4) is 0 Å². The Morgan fingerprint density at radius 3 is 2.67 bits per heavy atom. The van der Waals surface area contributed by atoms with Gasteiger partial charge in [-0.1, -0.05) is 13.8 Å². The molecule has 15 heavy (non-hydrogen) atoms. The molecule has 0 aromatic rings. The number of hydrogen-bond acceptors (Lipinski definition) is 2. The maximum absolute atomic E-state index is 11.9. The molecule has 1 rings (SSSR count). The quantitative estimate of drug-likeness (QED) is 0.620. The highest BCUT2D eigenvalue weighted by atomic mass is 16.2. The van der Waals surface area contributed by atoms with Crippen molar-refractivity contribution in [2.75, 3.05) is 26.2 Å². The minimum atomic E-state index is 0.324. The molecule has 3 heteroatoms. The fourth-order valence-corrected chi connectivity index (χ4v) is 1.73. The smallest absolute Gasteiger partial charge is 0.223 e. The molecule has 88 valence electrons. The number of hydrogen-bond donors (Lipinski definition) is 1. The molecule has 0 unspecified atom stereocenters. The van der Waals surface area contributed by atoms with E-state index in [9.17, 15) is 4.79 Å². The van der Waals surface area contributed by atoms with Crippen molar-refractivity contribution in [3.05, 3.63) is 0 Å². The van der Waals surface area contributed by atoms with E-state index < -0.39 is 0 Å². The lowest BCUT2D eigenvalue weighted by atomic mass is 10.3. The predicted octanol–water partition coefficient (Wildman–Crippen LogP) is 1.63. The summed E-state index contributed by atoms with van der Waals surface area (Å²) in [6.07, 6.45) is 4.36. The van der Waals surface area contributed by atoms with E-state index in [1.807, 2.05) is 0 Å². The van der Waals surface area contributed by atoms with Crippen LogP contribution < -0.4 is 5.32 Å². The molecule has 1 saturated carbocycles. The predicted molar refractivity (Wildman–Crippen MR) is 62.8 cm³/mol. The normalized spacial score (nSPS) is 15.3. The summed E-state index contributed by atoms with van der Waals surface area (Å²) in [7, 11) is 0. The summed E-state index contributed by atoms with van der Waals surface area (Å²) < 4.78 is 0. The van der Waals surface area contributed by atoms with Crippen LogP contribution in [0.25, 0.3) is 0 Å². The molecule has 0 radical (unpaired) electrons. The molecule has 3 nitrogen and oxygen atoms in total. The molecule has 0 heterocycles. The van der Waals surface area contributed by atoms with Crippen molar-refractivity contribution in [2.24, 2.45) is 5.92 Å². The molecule has 1 aliphatic carbocycles. The average molecular weight is 212 g/mol. The standard InChI is InChI=1S/C12H24N2O/c1-3-9-14(10-11-5-6-11)12(15)7-8-13-4-2/h11,13H,3-10H2,1-2H3. The van der Waals surface area contributed by atoms with Gasteiger partial charge in [0.1, 0.15) is 0 Å². The molecular formula is C12H24N2O. The number of nitrogens with zero attached hydrogens (tertiary/aromatic N) is 1. The zero-order valence-electron chi connectivity index (χ0n) is 10.1. The van der Waals surface area contributed by atoms with Crippen molar-refractivity contribution in [1.29, 1.82) is 0 Å². The Kier molecular flexibility index (Phi) is 5.69. The summed E-state index contributed by atoms with van der Waals surface area (Å²) in [6, 6.07) is 0. The van der Waals surface area contributed by atoms with E-state index in [1.54, 1.807) is 0 Å². The second-order valence-corrected chi connectivity index (χ2v) is 4.39. The van der Waals surface area contributed by atoms with Gasteiger partial charge in [0.05, 0.1) is 0 Å². The highest BCUT2D eigenvalue weighted by molar-refractivity contribution is 5.76. The summed E-state index contributed by atoms with van der Waals surface area (Å²) in [5, 5.41) is 3.20. The molecule has 0 saturated heterocycles. The third-order valence-corrected chi connectivity index (χ3v) is 2.79.